The number of likely N-dealkylation sites (N-methyl/N-ethyl adjacent to an activating group) is 1. The number of fused-ring (bicyclic) bond motifs is 1. The van der Waals surface area contributed by atoms with E-state index in [4.69, 9.17) is 9.72 Å². The van der Waals surface area contributed by atoms with Crippen LogP contribution in [0.25, 0.3) is 10.9 Å². The van der Waals surface area contributed by atoms with Gasteiger partial charge in [0.05, 0.1) is 15.7 Å². The minimum Gasteiger partial charge on any atom is -0.466 e. The maximum Gasteiger partial charge on any atom is 0.422 e. The highest BCUT2D eigenvalue weighted by atomic mass is 79.9. The standard InChI is InChI=1S/C34H42BrF3N9O2P/c1-5-22-19-28(32(49-21-34(36,37)38)44-31(22)47-13-10-23(11-14-47)46-17-15-45(2)16-18-46)42-33-40-20-25(35)30(43-33)41-27-9-8-26-24(7-6-12-39-26)29(27)50(3,4)48/h6-9,12,19-20,23H,5,10-11,13-18,21H2,1-4H3,(H2,40,41,42,43). The van der Waals surface area contributed by atoms with Crippen LogP contribution < -0.4 is 25.6 Å². The number of benzene rings is 1. The van der Waals surface area contributed by atoms with Crippen LogP contribution in [-0.4, -0.2) is 108 Å². The Morgan fingerprint density at radius 3 is 2.42 bits per heavy atom. The van der Waals surface area contributed by atoms with Gasteiger partial charge in [0.25, 0.3) is 0 Å². The van der Waals surface area contributed by atoms with E-state index in [1.807, 2.05) is 19.1 Å². The molecule has 2 aliphatic rings. The van der Waals surface area contributed by atoms with E-state index in [1.165, 1.54) is 6.20 Å². The zero-order valence-electron chi connectivity index (χ0n) is 28.6. The molecular formula is C34H42BrF3N9O2P. The first kappa shape index (κ1) is 36.3. The summed E-state index contributed by atoms with van der Waals surface area (Å²) in [4.78, 5) is 25.2. The maximum absolute atomic E-state index is 13.5. The van der Waals surface area contributed by atoms with Gasteiger partial charge in [-0.1, -0.05) is 13.0 Å². The predicted octanol–water partition coefficient (Wildman–Crippen LogP) is 6.64. The van der Waals surface area contributed by atoms with Crippen LogP contribution in [0.1, 0.15) is 25.3 Å². The Bertz CT molecular complexity index is 1880. The fraction of sp³-hybridized carbons (Fsp3) is 0.471. The summed E-state index contributed by atoms with van der Waals surface area (Å²) in [6.45, 7) is 9.59. The molecule has 0 aliphatic carbocycles. The van der Waals surface area contributed by atoms with Crippen molar-refractivity contribution in [3.05, 3.63) is 52.8 Å². The molecule has 4 aromatic rings. The number of hydrogen-bond acceptors (Lipinski definition) is 11. The molecule has 3 aromatic heterocycles. The van der Waals surface area contributed by atoms with Crippen molar-refractivity contribution >= 4 is 68.2 Å². The highest BCUT2D eigenvalue weighted by Gasteiger charge is 2.32. The second kappa shape index (κ2) is 15.0. The number of aromatic nitrogens is 4. The maximum atomic E-state index is 13.5. The first-order valence-electron chi connectivity index (χ1n) is 16.7. The topological polar surface area (TPSA) is 112 Å². The molecule has 0 spiro atoms. The van der Waals surface area contributed by atoms with Gasteiger partial charge in [-0.3, -0.25) is 9.88 Å². The lowest BCUT2D eigenvalue weighted by molar-refractivity contribution is -0.153. The normalized spacial score (nSPS) is 16.9. The van der Waals surface area contributed by atoms with Gasteiger partial charge in [-0.2, -0.15) is 23.1 Å². The fourth-order valence-electron chi connectivity index (χ4n) is 6.62. The number of pyridine rings is 2. The molecule has 0 saturated carbocycles. The van der Waals surface area contributed by atoms with Crippen LogP contribution in [0.15, 0.2) is 47.2 Å². The number of hydrogen-bond donors (Lipinski definition) is 2. The molecule has 5 heterocycles. The Hall–Kier alpha value is -3.52. The average Bonchev–Trinajstić information content (AvgIpc) is 3.08. The van der Waals surface area contributed by atoms with Gasteiger partial charge in [0.2, 0.25) is 11.8 Å². The zero-order valence-corrected chi connectivity index (χ0v) is 31.1. The van der Waals surface area contributed by atoms with Gasteiger partial charge in [0, 0.05) is 68.4 Å². The van der Waals surface area contributed by atoms with E-state index in [0.717, 1.165) is 68.6 Å². The summed E-state index contributed by atoms with van der Waals surface area (Å²) in [6, 6.07) is 9.58. The van der Waals surface area contributed by atoms with Crippen molar-refractivity contribution in [3.8, 4) is 5.88 Å². The van der Waals surface area contributed by atoms with E-state index in [9.17, 15) is 17.7 Å². The molecule has 16 heteroatoms. The van der Waals surface area contributed by atoms with Crippen molar-refractivity contribution in [2.24, 2.45) is 0 Å². The summed E-state index contributed by atoms with van der Waals surface area (Å²) in [5.41, 5.74) is 2.40. The predicted molar refractivity (Wildman–Crippen MR) is 197 cm³/mol. The molecule has 2 saturated heterocycles. The van der Waals surface area contributed by atoms with Crippen molar-refractivity contribution < 1.29 is 22.5 Å². The third-order valence-electron chi connectivity index (χ3n) is 9.15. The SMILES string of the molecule is CCc1cc(Nc2ncc(Br)c(Nc3ccc4ncccc4c3P(C)(C)=O)n2)c(OCC(F)(F)F)nc1N1CCC(N2CCN(C)CC2)CC1. The lowest BCUT2D eigenvalue weighted by Gasteiger charge is -2.42. The van der Waals surface area contributed by atoms with E-state index in [0.29, 0.717) is 39.6 Å². The summed E-state index contributed by atoms with van der Waals surface area (Å²) in [6.07, 6.45) is 1.17. The number of nitrogens with zero attached hydrogens (tertiary/aromatic N) is 7. The average molecular weight is 777 g/mol. The molecule has 2 aliphatic heterocycles. The van der Waals surface area contributed by atoms with Gasteiger partial charge in [-0.25, -0.2) is 4.98 Å². The molecule has 0 amide bonds. The molecule has 11 nitrogen and oxygen atoms in total. The molecule has 1 aromatic carbocycles. The molecule has 268 valence electrons. The van der Waals surface area contributed by atoms with E-state index in [1.54, 1.807) is 37.7 Å². The van der Waals surface area contributed by atoms with Crippen molar-refractivity contribution in [2.45, 2.75) is 38.4 Å². The summed E-state index contributed by atoms with van der Waals surface area (Å²) < 4.78 is 59.5. The summed E-state index contributed by atoms with van der Waals surface area (Å²) in [7, 11) is -0.645. The molecular weight excluding hydrogens is 734 g/mol. The van der Waals surface area contributed by atoms with Gasteiger partial charge in [-0.15, -0.1) is 0 Å². The van der Waals surface area contributed by atoms with E-state index < -0.39 is 19.9 Å². The van der Waals surface area contributed by atoms with Crippen LogP contribution >= 0.6 is 23.1 Å². The Labute approximate surface area is 298 Å². The summed E-state index contributed by atoms with van der Waals surface area (Å²) in [5.74, 6) is 0.922. The number of alkyl halides is 3. The quantitative estimate of drug-likeness (QED) is 0.169. The number of piperidine rings is 1. The van der Waals surface area contributed by atoms with Gasteiger partial charge in [0.15, 0.2) is 6.61 Å². The Balaban J connectivity index is 1.28. The van der Waals surface area contributed by atoms with Crippen molar-refractivity contribution in [1.82, 2.24) is 29.7 Å². The van der Waals surface area contributed by atoms with E-state index in [-0.39, 0.29) is 17.5 Å². The van der Waals surface area contributed by atoms with Gasteiger partial charge in [-0.05, 0) is 85.4 Å². The Kier molecular flexibility index (Phi) is 10.9. The Morgan fingerprint density at radius 2 is 1.74 bits per heavy atom. The first-order valence-corrected chi connectivity index (χ1v) is 20.1. The first-order chi connectivity index (χ1) is 23.8. The second-order valence-corrected chi connectivity index (χ2v) is 17.2. The lowest BCUT2D eigenvalue weighted by atomic mass is 10.0. The molecule has 6 rings (SSSR count). The van der Waals surface area contributed by atoms with Crippen LogP contribution in [0.5, 0.6) is 5.88 Å². The highest BCUT2D eigenvalue weighted by molar-refractivity contribution is 9.10. The molecule has 2 fully saturated rings. The molecule has 0 unspecified atom stereocenters. The molecule has 0 atom stereocenters. The largest absolute Gasteiger partial charge is 0.466 e. The van der Waals surface area contributed by atoms with E-state index >= 15 is 0 Å². The summed E-state index contributed by atoms with van der Waals surface area (Å²) in [5, 5.41) is 7.74. The van der Waals surface area contributed by atoms with Gasteiger partial charge < -0.3 is 29.7 Å². The third-order valence-corrected chi connectivity index (χ3v) is 11.3. The second-order valence-electron chi connectivity index (χ2n) is 13.2. The van der Waals surface area contributed by atoms with Crippen molar-refractivity contribution in [1.29, 1.82) is 0 Å². The van der Waals surface area contributed by atoms with Crippen molar-refractivity contribution in [2.75, 3.05) is 81.8 Å². The number of anilines is 5. The molecule has 0 bridgehead atoms. The highest BCUT2D eigenvalue weighted by Crippen LogP contribution is 2.42. The van der Waals surface area contributed by atoms with Crippen LogP contribution in [-0.2, 0) is 11.0 Å². The Morgan fingerprint density at radius 1 is 1.00 bits per heavy atom. The number of halogens is 4. The smallest absolute Gasteiger partial charge is 0.422 e. The zero-order chi connectivity index (χ0) is 35.6. The number of aryl methyl sites for hydroxylation is 1. The van der Waals surface area contributed by atoms with Crippen LogP contribution in [0.3, 0.4) is 0 Å². The van der Waals surface area contributed by atoms with Crippen LogP contribution in [0, 0.1) is 0 Å². The molecule has 0 radical (unpaired) electrons. The number of nitrogens with one attached hydrogen (secondary N) is 2. The van der Waals surface area contributed by atoms with Crippen LogP contribution in [0.2, 0.25) is 0 Å². The molecule has 50 heavy (non-hydrogen) atoms. The summed E-state index contributed by atoms with van der Waals surface area (Å²) >= 11 is 3.50. The van der Waals surface area contributed by atoms with Crippen molar-refractivity contribution in [3.63, 3.8) is 0 Å². The minimum atomic E-state index is -4.56. The number of piperazine rings is 1. The molecule has 2 N–H and O–H groups in total. The van der Waals surface area contributed by atoms with Gasteiger partial charge >= 0.3 is 6.18 Å². The monoisotopic (exact) mass is 775 g/mol. The third kappa shape index (κ3) is 8.50. The van der Waals surface area contributed by atoms with Gasteiger partial charge in [0.1, 0.15) is 24.5 Å². The lowest BCUT2D eigenvalue weighted by Crippen LogP contribution is -2.52. The minimum absolute atomic E-state index is 0.109. The van der Waals surface area contributed by atoms with E-state index in [2.05, 4.69) is 63.3 Å². The van der Waals surface area contributed by atoms with Crippen LogP contribution in [0.4, 0.5) is 42.1 Å². The number of ether oxygens (including phenoxy) is 1. The fourth-order valence-corrected chi connectivity index (χ4v) is 8.39. The number of rotatable bonds is 10.